The summed E-state index contributed by atoms with van der Waals surface area (Å²) in [5, 5.41) is 1.06. The van der Waals surface area contributed by atoms with Crippen LogP contribution in [0.5, 0.6) is 0 Å². The van der Waals surface area contributed by atoms with Gasteiger partial charge < -0.3 is 4.74 Å². The summed E-state index contributed by atoms with van der Waals surface area (Å²) >= 11 is 0. The molecule has 1 aromatic rings. The molecule has 2 rings (SSSR count). The van der Waals surface area contributed by atoms with Crippen LogP contribution in [-0.4, -0.2) is 37.5 Å². The SMILES string of the molecule is COC(=O)[C@H]1[C@@H](c2ccccc2)N(C)O[C@@H]1C(F)(F)F. The molecule has 0 aliphatic carbocycles. The quantitative estimate of drug-likeness (QED) is 0.783. The maximum Gasteiger partial charge on any atom is 0.417 e. The van der Waals surface area contributed by atoms with Gasteiger partial charge in [-0.15, -0.1) is 0 Å². The van der Waals surface area contributed by atoms with E-state index in [1.54, 1.807) is 30.3 Å². The summed E-state index contributed by atoms with van der Waals surface area (Å²) in [6, 6.07) is 7.60. The Kier molecular flexibility index (Phi) is 4.01. The third-order valence-electron chi connectivity index (χ3n) is 3.27. The van der Waals surface area contributed by atoms with E-state index in [0.717, 1.165) is 12.2 Å². The van der Waals surface area contributed by atoms with Gasteiger partial charge in [0.15, 0.2) is 6.10 Å². The van der Waals surface area contributed by atoms with Crippen LogP contribution in [-0.2, 0) is 14.4 Å². The van der Waals surface area contributed by atoms with Crippen molar-refractivity contribution in [3.05, 3.63) is 35.9 Å². The maximum absolute atomic E-state index is 13.0. The number of carbonyl (C=O) groups is 1. The first-order chi connectivity index (χ1) is 9.36. The number of hydrogen-bond donors (Lipinski definition) is 0. The molecule has 0 amide bonds. The van der Waals surface area contributed by atoms with E-state index in [2.05, 4.69) is 4.74 Å². The van der Waals surface area contributed by atoms with Crippen molar-refractivity contribution in [3.8, 4) is 0 Å². The fraction of sp³-hybridized carbons (Fsp3) is 0.462. The first-order valence-electron chi connectivity index (χ1n) is 5.95. The van der Waals surface area contributed by atoms with Gasteiger partial charge in [0.25, 0.3) is 0 Å². The van der Waals surface area contributed by atoms with Gasteiger partial charge in [0.05, 0.1) is 13.2 Å². The summed E-state index contributed by atoms with van der Waals surface area (Å²) in [6.45, 7) is 0. The fourth-order valence-electron chi connectivity index (χ4n) is 2.42. The van der Waals surface area contributed by atoms with Gasteiger partial charge in [-0.3, -0.25) is 9.63 Å². The minimum atomic E-state index is -4.64. The Morgan fingerprint density at radius 1 is 1.30 bits per heavy atom. The topological polar surface area (TPSA) is 38.8 Å². The number of alkyl halides is 3. The first-order valence-corrected chi connectivity index (χ1v) is 5.95. The molecule has 20 heavy (non-hydrogen) atoms. The molecule has 0 N–H and O–H groups in total. The Bertz CT molecular complexity index is 477. The van der Waals surface area contributed by atoms with E-state index in [1.165, 1.54) is 7.05 Å². The smallest absolute Gasteiger partial charge is 0.417 e. The van der Waals surface area contributed by atoms with Crippen LogP contribution >= 0.6 is 0 Å². The molecular formula is C13H14F3NO3. The maximum atomic E-state index is 13.0. The number of carbonyl (C=O) groups excluding carboxylic acids is 1. The summed E-state index contributed by atoms with van der Waals surface area (Å²) in [5.74, 6) is -2.39. The number of hydrogen-bond acceptors (Lipinski definition) is 4. The van der Waals surface area contributed by atoms with Crippen LogP contribution in [0.15, 0.2) is 30.3 Å². The van der Waals surface area contributed by atoms with Gasteiger partial charge in [0, 0.05) is 7.05 Å². The highest BCUT2D eigenvalue weighted by atomic mass is 19.4. The second-order valence-electron chi connectivity index (χ2n) is 4.52. The normalized spacial score (nSPS) is 27.6. The zero-order valence-corrected chi connectivity index (χ0v) is 10.9. The van der Waals surface area contributed by atoms with E-state index in [-0.39, 0.29) is 0 Å². The van der Waals surface area contributed by atoms with Crippen LogP contribution < -0.4 is 0 Å². The number of benzene rings is 1. The summed E-state index contributed by atoms with van der Waals surface area (Å²) in [6.07, 6.45) is -6.85. The first kappa shape index (κ1) is 14.8. The molecule has 7 heteroatoms. The van der Waals surface area contributed by atoms with Gasteiger partial charge in [-0.25, -0.2) is 0 Å². The number of methoxy groups -OCH3 is 1. The molecule has 1 aromatic carbocycles. The van der Waals surface area contributed by atoms with Crippen LogP contribution in [0.2, 0.25) is 0 Å². The Labute approximate surface area is 114 Å². The van der Waals surface area contributed by atoms with Crippen molar-refractivity contribution in [2.24, 2.45) is 5.92 Å². The monoisotopic (exact) mass is 289 g/mol. The molecule has 1 aliphatic rings. The zero-order valence-electron chi connectivity index (χ0n) is 10.9. The summed E-state index contributed by atoms with van der Waals surface area (Å²) in [4.78, 5) is 16.6. The third-order valence-corrected chi connectivity index (χ3v) is 3.27. The largest absolute Gasteiger partial charge is 0.469 e. The van der Waals surface area contributed by atoms with Gasteiger partial charge in [0.1, 0.15) is 5.92 Å². The van der Waals surface area contributed by atoms with Gasteiger partial charge in [0.2, 0.25) is 0 Å². The van der Waals surface area contributed by atoms with Gasteiger partial charge in [-0.2, -0.15) is 18.2 Å². The van der Waals surface area contributed by atoms with E-state index < -0.39 is 30.2 Å². The number of rotatable bonds is 2. The van der Waals surface area contributed by atoms with E-state index in [0.29, 0.717) is 5.56 Å². The van der Waals surface area contributed by atoms with E-state index in [4.69, 9.17) is 4.84 Å². The number of nitrogens with zero attached hydrogens (tertiary/aromatic N) is 1. The highest BCUT2D eigenvalue weighted by Gasteiger charge is 2.59. The van der Waals surface area contributed by atoms with E-state index in [1.807, 2.05) is 0 Å². The van der Waals surface area contributed by atoms with Crippen molar-refractivity contribution >= 4 is 5.97 Å². The molecule has 0 bridgehead atoms. The average molecular weight is 289 g/mol. The molecule has 110 valence electrons. The summed E-state index contributed by atoms with van der Waals surface area (Å²) < 4.78 is 43.5. The van der Waals surface area contributed by atoms with E-state index in [9.17, 15) is 18.0 Å². The fourth-order valence-corrected chi connectivity index (χ4v) is 2.42. The molecule has 1 fully saturated rings. The van der Waals surface area contributed by atoms with Crippen LogP contribution in [0.3, 0.4) is 0 Å². The second kappa shape index (κ2) is 5.41. The molecule has 0 spiro atoms. The highest BCUT2D eigenvalue weighted by Crippen LogP contribution is 2.44. The molecule has 1 heterocycles. The van der Waals surface area contributed by atoms with Crippen molar-refractivity contribution in [2.75, 3.05) is 14.2 Å². The lowest BCUT2D eigenvalue weighted by molar-refractivity contribution is -0.266. The standard InChI is InChI=1S/C13H14F3NO3/c1-17-10(8-6-4-3-5-7-8)9(12(18)19-2)11(20-17)13(14,15)16/h3-7,9-11H,1-2H3/t9-,10+,11-/m0/s1. The summed E-state index contributed by atoms with van der Waals surface area (Å²) in [5.41, 5.74) is 0.567. The molecule has 0 aromatic heterocycles. The van der Waals surface area contributed by atoms with Crippen LogP contribution in [0, 0.1) is 5.92 Å². The van der Waals surface area contributed by atoms with Gasteiger partial charge in [-0.1, -0.05) is 30.3 Å². The van der Waals surface area contributed by atoms with Crippen LogP contribution in [0.1, 0.15) is 11.6 Å². The average Bonchev–Trinajstić information content (AvgIpc) is 2.76. The van der Waals surface area contributed by atoms with Crippen LogP contribution in [0.25, 0.3) is 0 Å². The van der Waals surface area contributed by atoms with Gasteiger partial charge in [-0.05, 0) is 5.56 Å². The minimum Gasteiger partial charge on any atom is -0.469 e. The molecule has 0 unspecified atom stereocenters. The molecular weight excluding hydrogens is 275 g/mol. The number of ether oxygens (including phenoxy) is 1. The van der Waals surface area contributed by atoms with Crippen LogP contribution in [0.4, 0.5) is 13.2 Å². The number of hydroxylamine groups is 2. The Morgan fingerprint density at radius 2 is 1.90 bits per heavy atom. The van der Waals surface area contributed by atoms with Crippen molar-refractivity contribution in [2.45, 2.75) is 18.3 Å². The Morgan fingerprint density at radius 3 is 2.40 bits per heavy atom. The molecule has 0 radical (unpaired) electrons. The van der Waals surface area contributed by atoms with E-state index >= 15 is 0 Å². The molecule has 1 aliphatic heterocycles. The zero-order chi connectivity index (χ0) is 14.9. The van der Waals surface area contributed by atoms with Crippen molar-refractivity contribution < 1.29 is 27.5 Å². The lowest BCUT2D eigenvalue weighted by atomic mass is 9.89. The van der Waals surface area contributed by atoms with Crippen molar-refractivity contribution in [3.63, 3.8) is 0 Å². The predicted molar refractivity (Wildman–Crippen MR) is 63.4 cm³/mol. The highest BCUT2D eigenvalue weighted by molar-refractivity contribution is 5.74. The van der Waals surface area contributed by atoms with Gasteiger partial charge >= 0.3 is 12.1 Å². The number of esters is 1. The lowest BCUT2D eigenvalue weighted by Crippen LogP contribution is -2.39. The lowest BCUT2D eigenvalue weighted by Gasteiger charge is -2.22. The van der Waals surface area contributed by atoms with Crippen molar-refractivity contribution in [1.82, 2.24) is 5.06 Å². The Balaban J connectivity index is 2.41. The Hall–Kier alpha value is -1.60. The molecule has 1 saturated heterocycles. The third kappa shape index (κ3) is 2.64. The number of halogens is 3. The summed E-state index contributed by atoms with van der Waals surface area (Å²) in [7, 11) is 2.44. The minimum absolute atomic E-state index is 0.567. The van der Waals surface area contributed by atoms with Crippen molar-refractivity contribution in [1.29, 1.82) is 0 Å². The predicted octanol–water partition coefficient (Wildman–Crippen LogP) is 2.32. The second-order valence-corrected chi connectivity index (χ2v) is 4.52. The molecule has 0 saturated carbocycles. The molecule has 4 nitrogen and oxygen atoms in total. The molecule has 3 atom stereocenters.